The molecule has 1 saturated carbocycles. The molecule has 0 saturated heterocycles. The van der Waals surface area contributed by atoms with Crippen LogP contribution < -0.4 is 11.1 Å². The topological polar surface area (TPSA) is 38.0 Å². The average molecular weight is 257 g/mol. The fraction of sp³-hybridized carbons (Fsp3) is 0.538. The molecule has 3 N–H and O–H groups in total. The van der Waals surface area contributed by atoms with Gasteiger partial charge in [-0.2, -0.15) is 0 Å². The molecule has 0 aliphatic heterocycles. The maximum Gasteiger partial charge on any atom is 0.125 e. The number of anilines is 1. The Hall–Kier alpha value is -0.800. The molecule has 0 radical (unpaired) electrons. The van der Waals surface area contributed by atoms with Crippen molar-refractivity contribution in [3.63, 3.8) is 0 Å². The SMILES string of the molecule is CC1CCCC1(CN)Nc1cc(F)ccc1Cl. The molecule has 1 aromatic rings. The molecule has 1 aromatic carbocycles. The number of rotatable bonds is 3. The highest BCUT2D eigenvalue weighted by atomic mass is 35.5. The van der Waals surface area contributed by atoms with Gasteiger partial charge in [-0.3, -0.25) is 0 Å². The van der Waals surface area contributed by atoms with Crippen molar-refractivity contribution in [2.75, 3.05) is 11.9 Å². The van der Waals surface area contributed by atoms with Crippen molar-refractivity contribution in [2.24, 2.45) is 11.7 Å². The van der Waals surface area contributed by atoms with Crippen LogP contribution in [0.15, 0.2) is 18.2 Å². The molecule has 2 rings (SSSR count). The summed E-state index contributed by atoms with van der Waals surface area (Å²) in [5, 5.41) is 3.91. The van der Waals surface area contributed by atoms with E-state index in [-0.39, 0.29) is 11.4 Å². The number of nitrogens with two attached hydrogens (primary N) is 1. The second-order valence-corrected chi connectivity index (χ2v) is 5.31. The summed E-state index contributed by atoms with van der Waals surface area (Å²) in [7, 11) is 0. The highest BCUT2D eigenvalue weighted by Crippen LogP contribution is 2.39. The third-order valence-corrected chi connectivity index (χ3v) is 4.21. The molecule has 17 heavy (non-hydrogen) atoms. The lowest BCUT2D eigenvalue weighted by Crippen LogP contribution is -2.47. The predicted octanol–water partition coefficient (Wildman–Crippen LogP) is 3.41. The molecule has 2 unspecified atom stereocenters. The summed E-state index contributed by atoms with van der Waals surface area (Å²) < 4.78 is 13.2. The average Bonchev–Trinajstić information content (AvgIpc) is 2.66. The summed E-state index contributed by atoms with van der Waals surface area (Å²) >= 11 is 6.07. The smallest absolute Gasteiger partial charge is 0.125 e. The van der Waals surface area contributed by atoms with Crippen LogP contribution in [0, 0.1) is 11.7 Å². The zero-order chi connectivity index (χ0) is 12.5. The maximum atomic E-state index is 13.2. The van der Waals surface area contributed by atoms with Crippen LogP contribution in [0.2, 0.25) is 5.02 Å². The van der Waals surface area contributed by atoms with Gasteiger partial charge in [0.1, 0.15) is 5.82 Å². The highest BCUT2D eigenvalue weighted by Gasteiger charge is 2.39. The van der Waals surface area contributed by atoms with E-state index in [0.717, 1.165) is 19.3 Å². The second-order valence-electron chi connectivity index (χ2n) is 4.90. The lowest BCUT2D eigenvalue weighted by molar-refractivity contribution is 0.381. The predicted molar refractivity (Wildman–Crippen MR) is 69.8 cm³/mol. The Morgan fingerprint density at radius 2 is 2.35 bits per heavy atom. The monoisotopic (exact) mass is 256 g/mol. The molecule has 0 heterocycles. The van der Waals surface area contributed by atoms with Crippen molar-refractivity contribution in [2.45, 2.75) is 31.7 Å². The fourth-order valence-electron chi connectivity index (χ4n) is 2.65. The van der Waals surface area contributed by atoms with E-state index < -0.39 is 0 Å². The lowest BCUT2D eigenvalue weighted by Gasteiger charge is -2.35. The van der Waals surface area contributed by atoms with E-state index in [1.54, 1.807) is 6.07 Å². The van der Waals surface area contributed by atoms with Crippen molar-refractivity contribution >= 4 is 17.3 Å². The minimum Gasteiger partial charge on any atom is -0.377 e. The van der Waals surface area contributed by atoms with Gasteiger partial charge in [-0.05, 0) is 37.0 Å². The number of benzene rings is 1. The van der Waals surface area contributed by atoms with Crippen LogP contribution in [0.5, 0.6) is 0 Å². The summed E-state index contributed by atoms with van der Waals surface area (Å²) in [5.41, 5.74) is 6.40. The number of hydrogen-bond donors (Lipinski definition) is 2. The van der Waals surface area contributed by atoms with Crippen molar-refractivity contribution in [3.05, 3.63) is 29.0 Å². The molecule has 0 spiro atoms. The van der Waals surface area contributed by atoms with Gasteiger partial charge < -0.3 is 11.1 Å². The van der Waals surface area contributed by atoms with Crippen molar-refractivity contribution in [1.82, 2.24) is 0 Å². The van der Waals surface area contributed by atoms with Crippen LogP contribution >= 0.6 is 11.6 Å². The number of halogens is 2. The molecule has 2 nitrogen and oxygen atoms in total. The summed E-state index contributed by atoms with van der Waals surface area (Å²) in [6.45, 7) is 2.72. The van der Waals surface area contributed by atoms with Gasteiger partial charge in [0, 0.05) is 6.54 Å². The van der Waals surface area contributed by atoms with Crippen LogP contribution in [0.25, 0.3) is 0 Å². The minimum atomic E-state index is -0.283. The zero-order valence-electron chi connectivity index (χ0n) is 9.97. The molecule has 2 atom stereocenters. The standard InChI is InChI=1S/C13H18ClFN2/c1-9-3-2-6-13(9,8-16)17-12-7-10(15)4-5-11(12)14/h4-5,7,9,17H,2-3,6,8,16H2,1H3. The Morgan fingerprint density at radius 1 is 1.59 bits per heavy atom. The Kier molecular flexibility index (Phi) is 3.59. The van der Waals surface area contributed by atoms with Crippen LogP contribution in [-0.2, 0) is 0 Å². The first-order chi connectivity index (χ1) is 8.07. The molecular weight excluding hydrogens is 239 g/mol. The van der Waals surface area contributed by atoms with Crippen molar-refractivity contribution < 1.29 is 4.39 Å². The minimum absolute atomic E-state index is 0.141. The summed E-state index contributed by atoms with van der Waals surface area (Å²) in [4.78, 5) is 0. The fourth-order valence-corrected chi connectivity index (χ4v) is 2.81. The Labute approximate surface area is 106 Å². The van der Waals surface area contributed by atoms with Crippen molar-refractivity contribution in [3.8, 4) is 0 Å². The molecule has 4 heteroatoms. The van der Waals surface area contributed by atoms with Gasteiger partial charge in [-0.1, -0.05) is 24.9 Å². The molecular formula is C13H18ClFN2. The Balaban J connectivity index is 2.27. The van der Waals surface area contributed by atoms with E-state index in [1.165, 1.54) is 12.1 Å². The second kappa shape index (κ2) is 4.83. The molecule has 0 aromatic heterocycles. The molecule has 94 valence electrons. The normalized spacial score (nSPS) is 28.4. The quantitative estimate of drug-likeness (QED) is 0.870. The lowest BCUT2D eigenvalue weighted by atomic mass is 9.88. The van der Waals surface area contributed by atoms with E-state index >= 15 is 0 Å². The van der Waals surface area contributed by atoms with E-state index in [4.69, 9.17) is 17.3 Å². The number of hydrogen-bond acceptors (Lipinski definition) is 2. The molecule has 0 amide bonds. The van der Waals surface area contributed by atoms with E-state index in [0.29, 0.717) is 23.2 Å². The number of nitrogens with one attached hydrogen (secondary N) is 1. The highest BCUT2D eigenvalue weighted by molar-refractivity contribution is 6.33. The van der Waals surface area contributed by atoms with E-state index in [9.17, 15) is 4.39 Å². The van der Waals surface area contributed by atoms with Gasteiger partial charge in [0.15, 0.2) is 0 Å². The van der Waals surface area contributed by atoms with Gasteiger partial charge >= 0.3 is 0 Å². The van der Waals surface area contributed by atoms with Crippen LogP contribution in [0.4, 0.5) is 10.1 Å². The van der Waals surface area contributed by atoms with Gasteiger partial charge in [-0.15, -0.1) is 0 Å². The third-order valence-electron chi connectivity index (χ3n) is 3.88. The molecule has 0 bridgehead atoms. The third kappa shape index (κ3) is 2.40. The molecule has 1 aliphatic carbocycles. The Bertz CT molecular complexity index is 410. The van der Waals surface area contributed by atoms with E-state index in [1.807, 2.05) is 0 Å². The zero-order valence-corrected chi connectivity index (χ0v) is 10.7. The summed E-state index contributed by atoms with van der Waals surface area (Å²) in [6.07, 6.45) is 3.31. The largest absolute Gasteiger partial charge is 0.377 e. The first-order valence-corrected chi connectivity index (χ1v) is 6.38. The summed E-state index contributed by atoms with van der Waals surface area (Å²) in [5.74, 6) is 0.196. The molecule has 1 aliphatic rings. The summed E-state index contributed by atoms with van der Waals surface area (Å²) in [6, 6.07) is 4.37. The van der Waals surface area contributed by atoms with Gasteiger partial charge in [0.2, 0.25) is 0 Å². The Morgan fingerprint density at radius 3 is 2.94 bits per heavy atom. The van der Waals surface area contributed by atoms with Gasteiger partial charge in [-0.25, -0.2) is 4.39 Å². The van der Waals surface area contributed by atoms with Crippen LogP contribution in [0.1, 0.15) is 26.2 Å². The van der Waals surface area contributed by atoms with Gasteiger partial charge in [0.05, 0.1) is 16.2 Å². The first-order valence-electron chi connectivity index (χ1n) is 6.01. The van der Waals surface area contributed by atoms with Gasteiger partial charge in [0.25, 0.3) is 0 Å². The van der Waals surface area contributed by atoms with Crippen LogP contribution in [0.3, 0.4) is 0 Å². The van der Waals surface area contributed by atoms with Crippen LogP contribution in [-0.4, -0.2) is 12.1 Å². The maximum absolute atomic E-state index is 13.2. The van der Waals surface area contributed by atoms with E-state index in [2.05, 4.69) is 12.2 Å². The first kappa shape index (κ1) is 12.7. The van der Waals surface area contributed by atoms with Crippen molar-refractivity contribution in [1.29, 1.82) is 0 Å². The molecule has 1 fully saturated rings.